The standard InChI is InChI=1S/C29H35N7O3S/c1-28(2,3)39-27(38)35-13-12-34(17-19(35)10-11-30)24-21-16-31-36(25(37)23(21)32-26(33-24)40-6)22-9-7-8-18-14-29(4,5)15-20(18)22/h7-9,16,19H,10,12-15,17H2,1-6H3. The van der Waals surface area contributed by atoms with Gasteiger partial charge in [0.1, 0.15) is 16.9 Å². The lowest BCUT2D eigenvalue weighted by atomic mass is 9.90. The van der Waals surface area contributed by atoms with Crippen molar-refractivity contribution in [3.8, 4) is 11.8 Å². The second-order valence-corrected chi connectivity index (χ2v) is 13.0. The number of thioether (sulfide) groups is 1. The van der Waals surface area contributed by atoms with Crippen LogP contribution in [0, 0.1) is 16.7 Å². The lowest BCUT2D eigenvalue weighted by molar-refractivity contribution is 0.0145. The molecule has 3 heterocycles. The first kappa shape index (κ1) is 27.9. The van der Waals surface area contributed by atoms with Crippen LogP contribution in [0.25, 0.3) is 16.6 Å². The molecule has 0 spiro atoms. The van der Waals surface area contributed by atoms with Gasteiger partial charge in [0.2, 0.25) is 0 Å². The van der Waals surface area contributed by atoms with Gasteiger partial charge in [-0.3, -0.25) is 4.79 Å². The fraction of sp³-hybridized carbons (Fsp3) is 0.517. The van der Waals surface area contributed by atoms with Gasteiger partial charge in [0.05, 0.1) is 35.8 Å². The molecule has 0 radical (unpaired) electrons. The number of ether oxygens (including phenoxy) is 1. The Bertz CT molecular complexity index is 1570. The maximum Gasteiger partial charge on any atom is 0.410 e. The molecule has 1 saturated heterocycles. The Morgan fingerprint density at radius 1 is 1.23 bits per heavy atom. The van der Waals surface area contributed by atoms with Crippen LogP contribution in [0.3, 0.4) is 0 Å². The van der Waals surface area contributed by atoms with Gasteiger partial charge in [0.25, 0.3) is 5.56 Å². The van der Waals surface area contributed by atoms with Crippen LogP contribution in [0.1, 0.15) is 52.2 Å². The number of nitrogens with zero attached hydrogens (tertiary/aromatic N) is 7. The van der Waals surface area contributed by atoms with Crippen LogP contribution in [-0.2, 0) is 17.6 Å². The number of carbonyl (C=O) groups is 1. The van der Waals surface area contributed by atoms with Crippen molar-refractivity contribution in [2.45, 2.75) is 70.7 Å². The number of carbonyl (C=O) groups excluding carboxylic acids is 1. The number of anilines is 1. The summed E-state index contributed by atoms with van der Waals surface area (Å²) >= 11 is 1.36. The summed E-state index contributed by atoms with van der Waals surface area (Å²) in [4.78, 5) is 39.8. The zero-order valence-corrected chi connectivity index (χ0v) is 24.7. The van der Waals surface area contributed by atoms with Gasteiger partial charge in [-0.05, 0) is 62.5 Å². The molecule has 5 rings (SSSR count). The minimum Gasteiger partial charge on any atom is -0.444 e. The Hall–Kier alpha value is -3.65. The van der Waals surface area contributed by atoms with E-state index in [-0.39, 0.29) is 23.4 Å². The Balaban J connectivity index is 1.54. The molecule has 1 amide bonds. The third-order valence-corrected chi connectivity index (χ3v) is 7.87. The topological polar surface area (TPSA) is 117 Å². The average molecular weight is 562 g/mol. The van der Waals surface area contributed by atoms with Crippen LogP contribution in [0.2, 0.25) is 0 Å². The lowest BCUT2D eigenvalue weighted by Gasteiger charge is -2.41. The summed E-state index contributed by atoms with van der Waals surface area (Å²) in [5.74, 6) is 0.581. The number of hydrogen-bond donors (Lipinski definition) is 0. The molecule has 11 heteroatoms. The van der Waals surface area contributed by atoms with Gasteiger partial charge in [0, 0.05) is 19.6 Å². The second kappa shape index (κ2) is 10.4. The van der Waals surface area contributed by atoms with Crippen molar-refractivity contribution < 1.29 is 9.53 Å². The van der Waals surface area contributed by atoms with Gasteiger partial charge in [-0.25, -0.2) is 14.8 Å². The molecular formula is C29H35N7O3S. The molecule has 2 aliphatic rings. The van der Waals surface area contributed by atoms with E-state index in [1.807, 2.05) is 44.1 Å². The Morgan fingerprint density at radius 2 is 2.00 bits per heavy atom. The van der Waals surface area contributed by atoms with Crippen LogP contribution in [0.15, 0.2) is 34.3 Å². The number of nitriles is 1. The Kier molecular flexibility index (Phi) is 7.25. The minimum absolute atomic E-state index is 0.127. The fourth-order valence-electron chi connectivity index (χ4n) is 5.63. The molecular weight excluding hydrogens is 526 g/mol. The van der Waals surface area contributed by atoms with Crippen LogP contribution < -0.4 is 10.5 Å². The summed E-state index contributed by atoms with van der Waals surface area (Å²) < 4.78 is 7.05. The number of amides is 1. The van der Waals surface area contributed by atoms with Crippen LogP contribution >= 0.6 is 11.8 Å². The monoisotopic (exact) mass is 561 g/mol. The summed E-state index contributed by atoms with van der Waals surface area (Å²) in [5.41, 5.74) is 2.68. The maximum atomic E-state index is 13.9. The van der Waals surface area contributed by atoms with Gasteiger partial charge in [0.15, 0.2) is 5.16 Å². The molecule has 1 aliphatic heterocycles. The average Bonchev–Trinajstić information content (AvgIpc) is 3.21. The minimum atomic E-state index is -0.637. The first-order chi connectivity index (χ1) is 18.9. The number of rotatable bonds is 4. The second-order valence-electron chi connectivity index (χ2n) is 12.2. The summed E-state index contributed by atoms with van der Waals surface area (Å²) in [6.45, 7) is 11.1. The van der Waals surface area contributed by atoms with Crippen LogP contribution in [-0.4, -0.2) is 68.3 Å². The first-order valence-electron chi connectivity index (χ1n) is 13.5. The molecule has 210 valence electrons. The van der Waals surface area contributed by atoms with E-state index in [1.54, 1.807) is 11.1 Å². The van der Waals surface area contributed by atoms with Crippen molar-refractivity contribution in [3.05, 3.63) is 45.9 Å². The molecule has 0 bridgehead atoms. The predicted octanol–water partition coefficient (Wildman–Crippen LogP) is 4.36. The molecule has 1 atom stereocenters. The summed E-state index contributed by atoms with van der Waals surface area (Å²) in [5, 5.41) is 15.1. The smallest absolute Gasteiger partial charge is 0.410 e. The van der Waals surface area contributed by atoms with E-state index >= 15 is 0 Å². The van der Waals surface area contributed by atoms with Crippen LogP contribution in [0.5, 0.6) is 0 Å². The van der Waals surface area contributed by atoms with E-state index in [4.69, 9.17) is 9.72 Å². The van der Waals surface area contributed by atoms with E-state index in [1.165, 1.54) is 22.0 Å². The Labute approximate surface area is 238 Å². The molecule has 1 aromatic carbocycles. The highest BCUT2D eigenvalue weighted by molar-refractivity contribution is 7.98. The highest BCUT2D eigenvalue weighted by Crippen LogP contribution is 2.38. The first-order valence-corrected chi connectivity index (χ1v) is 14.7. The molecule has 3 aromatic rings. The molecule has 2 aromatic heterocycles. The van der Waals surface area contributed by atoms with Gasteiger partial charge >= 0.3 is 6.09 Å². The number of piperazine rings is 1. The molecule has 10 nitrogen and oxygen atoms in total. The van der Waals surface area contributed by atoms with Crippen molar-refractivity contribution >= 4 is 34.6 Å². The molecule has 1 unspecified atom stereocenters. The van der Waals surface area contributed by atoms with Gasteiger partial charge in [-0.15, -0.1) is 0 Å². The predicted molar refractivity (Wildman–Crippen MR) is 155 cm³/mol. The summed E-state index contributed by atoms with van der Waals surface area (Å²) in [6, 6.07) is 7.86. The van der Waals surface area contributed by atoms with E-state index in [2.05, 4.69) is 36.1 Å². The van der Waals surface area contributed by atoms with Gasteiger partial charge < -0.3 is 14.5 Å². The van der Waals surface area contributed by atoms with E-state index in [0.717, 1.165) is 24.1 Å². The summed E-state index contributed by atoms with van der Waals surface area (Å²) in [7, 11) is 0. The fourth-order valence-corrected chi connectivity index (χ4v) is 5.99. The normalized spacial score (nSPS) is 18.5. The zero-order valence-electron chi connectivity index (χ0n) is 23.9. The van der Waals surface area contributed by atoms with Crippen molar-refractivity contribution in [3.63, 3.8) is 0 Å². The van der Waals surface area contributed by atoms with Gasteiger partial charge in [-0.1, -0.05) is 37.7 Å². The molecule has 0 N–H and O–H groups in total. The highest BCUT2D eigenvalue weighted by atomic mass is 32.2. The van der Waals surface area contributed by atoms with Crippen molar-refractivity contribution in [1.82, 2.24) is 24.6 Å². The SMILES string of the molecule is CSc1nc(N2CCN(C(=O)OC(C)(C)C)C(CC#N)C2)c2cnn(-c3cccc4c3CC(C)(C)C4)c(=O)c2n1. The highest BCUT2D eigenvalue weighted by Gasteiger charge is 2.35. The number of benzene rings is 1. The molecule has 40 heavy (non-hydrogen) atoms. The van der Waals surface area contributed by atoms with Crippen LogP contribution in [0.4, 0.5) is 10.6 Å². The molecule has 0 saturated carbocycles. The summed E-state index contributed by atoms with van der Waals surface area (Å²) in [6.07, 6.45) is 5.07. The lowest BCUT2D eigenvalue weighted by Crippen LogP contribution is -2.56. The van der Waals surface area contributed by atoms with Crippen molar-refractivity contribution in [2.24, 2.45) is 5.41 Å². The van der Waals surface area contributed by atoms with Crippen molar-refractivity contribution in [2.75, 3.05) is 30.8 Å². The van der Waals surface area contributed by atoms with E-state index in [9.17, 15) is 14.9 Å². The third kappa shape index (κ3) is 5.37. The van der Waals surface area contributed by atoms with E-state index in [0.29, 0.717) is 41.5 Å². The number of aromatic nitrogens is 4. The quantitative estimate of drug-likeness (QED) is 0.338. The molecule has 1 fully saturated rings. The maximum absolute atomic E-state index is 13.9. The van der Waals surface area contributed by atoms with Gasteiger partial charge in [-0.2, -0.15) is 15.0 Å². The Morgan fingerprint density at radius 3 is 2.70 bits per heavy atom. The zero-order chi connectivity index (χ0) is 28.8. The largest absolute Gasteiger partial charge is 0.444 e. The number of hydrogen-bond acceptors (Lipinski definition) is 9. The van der Waals surface area contributed by atoms with Crippen molar-refractivity contribution in [1.29, 1.82) is 5.26 Å². The molecule has 1 aliphatic carbocycles. The number of fused-ring (bicyclic) bond motifs is 2. The third-order valence-electron chi connectivity index (χ3n) is 7.32. The van der Waals surface area contributed by atoms with E-state index < -0.39 is 11.7 Å².